The van der Waals surface area contributed by atoms with Gasteiger partial charge < -0.3 is 60.6 Å². The molecule has 0 radical (unpaired) electrons. The highest BCUT2D eigenvalue weighted by molar-refractivity contribution is 6.31. The van der Waals surface area contributed by atoms with Gasteiger partial charge in [0, 0.05) is 55.0 Å². The van der Waals surface area contributed by atoms with Crippen molar-refractivity contribution in [3.05, 3.63) is 87.5 Å². The zero-order valence-corrected chi connectivity index (χ0v) is 35.0. The van der Waals surface area contributed by atoms with Crippen LogP contribution in [0.4, 0.5) is 0 Å². The summed E-state index contributed by atoms with van der Waals surface area (Å²) in [5.74, 6) is -2.61. The summed E-state index contributed by atoms with van der Waals surface area (Å²) in [5.41, 5.74) is 3.28. The SMILES string of the molecule is COc1cc(CNC(=O)CCCC/C=C/C(C)C)ccc1O.COc1cccc2c1C(=O)c1c(O)c3c(c(O)c1C2=O)C[C@@](O)(C(=O)CO)C[C@@H]3O[C@H]1C[C@H](N)[C@H](O)[C@H](C)O1. The minimum Gasteiger partial charge on any atom is -0.507 e. The molecule has 61 heavy (non-hydrogen) atoms. The molecule has 16 nitrogen and oxygen atoms in total. The number of hydrogen-bond donors (Lipinski definition) is 8. The van der Waals surface area contributed by atoms with Gasteiger partial charge in [-0.3, -0.25) is 19.2 Å². The minimum absolute atomic E-state index is 0.0173. The summed E-state index contributed by atoms with van der Waals surface area (Å²) < 4.78 is 22.0. The molecule has 16 heteroatoms. The summed E-state index contributed by atoms with van der Waals surface area (Å²) in [6.07, 6.45) is 2.76. The van der Waals surface area contributed by atoms with Gasteiger partial charge in [-0.25, -0.2) is 0 Å². The molecule has 2 aliphatic carbocycles. The zero-order valence-electron chi connectivity index (χ0n) is 35.0. The molecule has 330 valence electrons. The van der Waals surface area contributed by atoms with Crippen LogP contribution in [0.2, 0.25) is 0 Å². The third-order valence-corrected chi connectivity index (χ3v) is 11.1. The van der Waals surface area contributed by atoms with E-state index in [1.165, 1.54) is 32.4 Å². The highest BCUT2D eigenvalue weighted by Crippen LogP contribution is 2.52. The van der Waals surface area contributed by atoms with Crippen LogP contribution >= 0.6 is 0 Å². The van der Waals surface area contributed by atoms with Crippen LogP contribution in [0.5, 0.6) is 28.7 Å². The van der Waals surface area contributed by atoms with E-state index in [9.17, 15) is 49.8 Å². The number of nitrogens with two attached hydrogens (primary N) is 1. The molecule has 3 aromatic rings. The predicted octanol–water partition coefficient (Wildman–Crippen LogP) is 3.79. The molecular formula is C45H56N2O14. The number of amides is 1. The topological polar surface area (TPSA) is 265 Å². The summed E-state index contributed by atoms with van der Waals surface area (Å²) in [6.45, 7) is 5.32. The van der Waals surface area contributed by atoms with Crippen molar-refractivity contribution >= 4 is 23.3 Å². The molecular weight excluding hydrogens is 792 g/mol. The largest absolute Gasteiger partial charge is 0.507 e. The number of phenolic OH excluding ortho intramolecular Hbond substituents is 3. The van der Waals surface area contributed by atoms with Crippen LogP contribution < -0.4 is 20.5 Å². The van der Waals surface area contributed by atoms with Gasteiger partial charge in [-0.05, 0) is 55.9 Å². The van der Waals surface area contributed by atoms with Crippen molar-refractivity contribution in [2.45, 2.75) is 109 Å². The summed E-state index contributed by atoms with van der Waals surface area (Å²) in [5, 5.41) is 66.1. The highest BCUT2D eigenvalue weighted by Gasteiger charge is 2.50. The maximum Gasteiger partial charge on any atom is 0.220 e. The Morgan fingerprint density at radius 2 is 1.70 bits per heavy atom. The molecule has 6 atom stereocenters. The Morgan fingerprint density at radius 1 is 1.00 bits per heavy atom. The van der Waals surface area contributed by atoms with Gasteiger partial charge in [0.25, 0.3) is 0 Å². The molecule has 1 fully saturated rings. The Morgan fingerprint density at radius 3 is 2.36 bits per heavy atom. The number of Topliss-reactive ketones (excluding diaryl/α,β-unsaturated/α-hetero) is 1. The number of fused-ring (bicyclic) bond motifs is 3. The maximum atomic E-state index is 13.6. The standard InChI is InChI=1S/C27H29NO11.C18H27NO3/c1-10-22(31)13(28)6-17(38-10)39-15-8-27(36,16(30)9-29)7-12-19(15)26(35)21-20(24(12)33)23(32)11-4-3-5-14(37-2)18(11)25(21)34;1-14(2)8-6-4-5-7-9-18(21)19-13-15-10-11-16(20)17(12-15)22-3/h3-5,10,13,15,17,22,29,31,33,35-36H,6-9,28H2,1-2H3;6,8,10-12,14,20H,4-5,7,9,13H2,1-3H3,(H,19,21)/b;8-6+/t10-,13-,15-,17-,22+,27-;/m0./s1. The van der Waals surface area contributed by atoms with Gasteiger partial charge in [-0.15, -0.1) is 0 Å². The van der Waals surface area contributed by atoms with Crippen LogP contribution in [-0.4, -0.2) is 105 Å². The third kappa shape index (κ3) is 10.2. The second-order valence-corrected chi connectivity index (χ2v) is 15.9. The van der Waals surface area contributed by atoms with Crippen LogP contribution in [0.3, 0.4) is 0 Å². The second-order valence-electron chi connectivity index (χ2n) is 15.9. The Labute approximate surface area is 353 Å². The first-order valence-electron chi connectivity index (χ1n) is 20.2. The number of phenols is 3. The van der Waals surface area contributed by atoms with Gasteiger partial charge in [-0.1, -0.05) is 44.2 Å². The average Bonchev–Trinajstić information content (AvgIpc) is 3.23. The van der Waals surface area contributed by atoms with E-state index in [2.05, 4.69) is 31.3 Å². The number of nitrogens with one attached hydrogen (secondary N) is 1. The van der Waals surface area contributed by atoms with Crippen molar-refractivity contribution in [1.29, 1.82) is 0 Å². The van der Waals surface area contributed by atoms with Crippen molar-refractivity contribution in [2.24, 2.45) is 11.7 Å². The van der Waals surface area contributed by atoms with Gasteiger partial charge >= 0.3 is 0 Å². The lowest BCUT2D eigenvalue weighted by Gasteiger charge is -2.42. The number of aliphatic hydroxyl groups is 3. The second kappa shape index (κ2) is 20.0. The quantitative estimate of drug-likeness (QED) is 0.0510. The fraction of sp³-hybridized carbons (Fsp3) is 0.467. The molecule has 3 aromatic carbocycles. The first kappa shape index (κ1) is 46.7. The molecule has 1 amide bonds. The molecule has 0 spiro atoms. The van der Waals surface area contributed by atoms with Gasteiger partial charge in [-0.2, -0.15) is 0 Å². The number of hydrogen-bond acceptors (Lipinski definition) is 15. The van der Waals surface area contributed by atoms with E-state index in [0.717, 1.165) is 24.8 Å². The lowest BCUT2D eigenvalue weighted by atomic mass is 9.72. The van der Waals surface area contributed by atoms with E-state index in [-0.39, 0.29) is 46.1 Å². The van der Waals surface area contributed by atoms with Gasteiger partial charge in [0.05, 0.1) is 49.2 Å². The van der Waals surface area contributed by atoms with E-state index in [1.807, 2.05) is 0 Å². The molecule has 6 rings (SSSR count). The molecule has 1 saturated heterocycles. The Balaban J connectivity index is 0.000000273. The van der Waals surface area contributed by atoms with Crippen molar-refractivity contribution in [3.8, 4) is 28.7 Å². The van der Waals surface area contributed by atoms with Gasteiger partial charge in [0.1, 0.15) is 29.5 Å². The minimum atomic E-state index is -2.24. The lowest BCUT2D eigenvalue weighted by molar-refractivity contribution is -0.247. The Bertz CT molecular complexity index is 2140. The van der Waals surface area contributed by atoms with Crippen molar-refractivity contribution in [1.82, 2.24) is 5.32 Å². The van der Waals surface area contributed by atoms with E-state index >= 15 is 0 Å². The molecule has 0 saturated carbocycles. The Hall–Kier alpha value is -5.36. The Kier molecular flexibility index (Phi) is 15.3. The summed E-state index contributed by atoms with van der Waals surface area (Å²) in [6, 6.07) is 8.71. The molecule has 0 unspecified atom stereocenters. The number of carbonyl (C=O) groups excluding carboxylic acids is 4. The number of ether oxygens (including phenoxy) is 4. The van der Waals surface area contributed by atoms with Crippen LogP contribution in [0.15, 0.2) is 48.6 Å². The monoisotopic (exact) mass is 848 g/mol. The molecule has 1 aliphatic heterocycles. The van der Waals surface area contributed by atoms with E-state index in [0.29, 0.717) is 24.6 Å². The highest BCUT2D eigenvalue weighted by atomic mass is 16.7. The number of carbonyl (C=O) groups is 4. The first-order valence-corrected chi connectivity index (χ1v) is 20.2. The van der Waals surface area contributed by atoms with Gasteiger partial charge in [0.2, 0.25) is 11.7 Å². The summed E-state index contributed by atoms with van der Waals surface area (Å²) in [7, 11) is 2.83. The third-order valence-electron chi connectivity index (χ3n) is 11.1. The van der Waals surface area contributed by atoms with Crippen molar-refractivity contribution in [3.63, 3.8) is 0 Å². The fourth-order valence-corrected chi connectivity index (χ4v) is 7.79. The van der Waals surface area contributed by atoms with Crippen LogP contribution in [0.1, 0.15) is 114 Å². The van der Waals surface area contributed by atoms with Crippen molar-refractivity contribution < 1.29 is 68.8 Å². The first-order chi connectivity index (χ1) is 29.0. The molecule has 3 aliphatic rings. The number of benzene rings is 3. The number of aromatic hydroxyl groups is 3. The number of aliphatic hydroxyl groups excluding tert-OH is 2. The molecule has 1 heterocycles. The predicted molar refractivity (Wildman–Crippen MR) is 221 cm³/mol. The van der Waals surface area contributed by atoms with Crippen LogP contribution in [0.25, 0.3) is 0 Å². The number of rotatable bonds is 14. The van der Waals surface area contributed by atoms with E-state index in [4.69, 9.17) is 24.7 Å². The van der Waals surface area contributed by atoms with Gasteiger partial charge in [0.15, 0.2) is 29.4 Å². The summed E-state index contributed by atoms with van der Waals surface area (Å²) in [4.78, 5) is 51.5. The van der Waals surface area contributed by atoms with Crippen LogP contribution in [-0.2, 0) is 32.0 Å². The normalized spacial score (nSPS) is 23.1. The molecule has 0 aromatic heterocycles. The van der Waals surface area contributed by atoms with Crippen molar-refractivity contribution in [2.75, 3.05) is 20.8 Å². The number of ketones is 3. The maximum absolute atomic E-state index is 13.6. The summed E-state index contributed by atoms with van der Waals surface area (Å²) >= 11 is 0. The number of unbranched alkanes of at least 4 members (excludes halogenated alkanes) is 2. The zero-order chi connectivity index (χ0) is 44.8. The lowest BCUT2D eigenvalue weighted by Crippen LogP contribution is -2.53. The number of allylic oxidation sites excluding steroid dienone is 2. The number of methoxy groups -OCH3 is 2. The fourth-order valence-electron chi connectivity index (χ4n) is 7.79. The van der Waals surface area contributed by atoms with Crippen LogP contribution in [0, 0.1) is 5.92 Å². The molecule has 0 bridgehead atoms. The van der Waals surface area contributed by atoms with E-state index in [1.54, 1.807) is 25.1 Å². The smallest absolute Gasteiger partial charge is 0.220 e. The average molecular weight is 849 g/mol. The van der Waals surface area contributed by atoms with E-state index < -0.39 is 95.7 Å². The molecule has 9 N–H and O–H groups in total.